The Balaban J connectivity index is 3.22. The smallest absolute Gasteiger partial charge is 0.358 e. The molecule has 0 saturated heterocycles. The number of rotatable bonds is 5. The largest absolute Gasteiger partial charge is 0.461 e. The van der Waals surface area contributed by atoms with E-state index >= 15 is 0 Å². The lowest BCUT2D eigenvalue weighted by Gasteiger charge is -2.09. The lowest BCUT2D eigenvalue weighted by Crippen LogP contribution is -2.10. The average molecular weight is 311 g/mol. The highest BCUT2D eigenvalue weighted by Crippen LogP contribution is 2.34. The van der Waals surface area contributed by atoms with Gasteiger partial charge in [0, 0.05) is 6.42 Å². The van der Waals surface area contributed by atoms with E-state index in [4.69, 9.17) is 39.5 Å². The molecule has 0 aromatic carbocycles. The normalized spacial score (nSPS) is 10.2. The van der Waals surface area contributed by atoms with Crippen molar-refractivity contribution in [3.63, 3.8) is 0 Å². The molecule has 1 rings (SSSR count). The van der Waals surface area contributed by atoms with E-state index in [2.05, 4.69) is 4.98 Å². The zero-order valence-corrected chi connectivity index (χ0v) is 11.8. The van der Waals surface area contributed by atoms with Crippen LogP contribution in [0.15, 0.2) is 0 Å². The minimum atomic E-state index is -0.673. The molecular formula is C11H10Cl3NO3. The van der Waals surface area contributed by atoms with Crippen LogP contribution in [0, 0.1) is 0 Å². The first kappa shape index (κ1) is 15.2. The molecule has 7 heteroatoms. The molecule has 1 heterocycles. The van der Waals surface area contributed by atoms with Crippen LogP contribution in [0.5, 0.6) is 0 Å². The van der Waals surface area contributed by atoms with Crippen LogP contribution in [-0.4, -0.2) is 23.8 Å². The molecule has 0 amide bonds. The Morgan fingerprint density at radius 2 is 1.94 bits per heavy atom. The standard InChI is InChI=1S/C11H10Cl3NO3/c1-2-18-11(17)10-9(14)8(13)7(12)6(15-10)4-3-5-16/h5H,2-4H2,1H3. The molecule has 1 aromatic heterocycles. The van der Waals surface area contributed by atoms with Crippen molar-refractivity contribution in [2.24, 2.45) is 0 Å². The summed E-state index contributed by atoms with van der Waals surface area (Å²) in [6.07, 6.45) is 1.24. The van der Waals surface area contributed by atoms with Crippen LogP contribution >= 0.6 is 34.8 Å². The van der Waals surface area contributed by atoms with Crippen molar-refractivity contribution in [3.8, 4) is 0 Å². The number of pyridine rings is 1. The van der Waals surface area contributed by atoms with Crippen molar-refractivity contribution < 1.29 is 14.3 Å². The van der Waals surface area contributed by atoms with Gasteiger partial charge in [-0.1, -0.05) is 34.8 Å². The minimum Gasteiger partial charge on any atom is -0.461 e. The Kier molecular flexibility index (Phi) is 5.85. The zero-order valence-electron chi connectivity index (χ0n) is 9.50. The number of aromatic nitrogens is 1. The highest BCUT2D eigenvalue weighted by Gasteiger charge is 2.21. The molecule has 0 saturated carbocycles. The minimum absolute atomic E-state index is 0.0392. The lowest BCUT2D eigenvalue weighted by molar-refractivity contribution is -0.107. The Morgan fingerprint density at radius 1 is 1.28 bits per heavy atom. The van der Waals surface area contributed by atoms with Gasteiger partial charge in [0.25, 0.3) is 0 Å². The molecule has 4 nitrogen and oxygen atoms in total. The first-order chi connectivity index (χ1) is 8.52. The van der Waals surface area contributed by atoms with Crippen LogP contribution in [0.25, 0.3) is 0 Å². The number of aryl methyl sites for hydroxylation is 1. The van der Waals surface area contributed by atoms with Gasteiger partial charge in [-0.2, -0.15) is 0 Å². The number of hydrogen-bond donors (Lipinski definition) is 0. The molecule has 0 aliphatic rings. The van der Waals surface area contributed by atoms with Gasteiger partial charge in [0.15, 0.2) is 5.69 Å². The predicted octanol–water partition coefficient (Wildman–Crippen LogP) is 3.35. The van der Waals surface area contributed by atoms with E-state index in [1.807, 2.05) is 0 Å². The molecule has 0 atom stereocenters. The van der Waals surface area contributed by atoms with Crippen molar-refractivity contribution >= 4 is 47.1 Å². The lowest BCUT2D eigenvalue weighted by atomic mass is 10.2. The molecule has 0 aliphatic heterocycles. The monoisotopic (exact) mass is 309 g/mol. The van der Waals surface area contributed by atoms with Gasteiger partial charge in [-0.3, -0.25) is 0 Å². The van der Waals surface area contributed by atoms with Crippen molar-refractivity contribution in [2.45, 2.75) is 19.8 Å². The topological polar surface area (TPSA) is 56.3 Å². The number of nitrogens with zero attached hydrogens (tertiary/aromatic N) is 1. The maximum atomic E-state index is 11.6. The second-order valence-corrected chi connectivity index (χ2v) is 4.41. The predicted molar refractivity (Wildman–Crippen MR) is 69.6 cm³/mol. The third-order valence-electron chi connectivity index (χ3n) is 2.06. The average Bonchev–Trinajstić information content (AvgIpc) is 2.35. The summed E-state index contributed by atoms with van der Waals surface area (Å²) in [5.41, 5.74) is 0.259. The highest BCUT2D eigenvalue weighted by atomic mass is 35.5. The number of ether oxygens (including phenoxy) is 1. The maximum absolute atomic E-state index is 11.6. The SMILES string of the molecule is CCOC(=O)c1nc(CCC=O)c(Cl)c(Cl)c1Cl. The fourth-order valence-corrected chi connectivity index (χ4v) is 1.95. The van der Waals surface area contributed by atoms with E-state index in [0.29, 0.717) is 5.69 Å². The second kappa shape index (κ2) is 6.92. The molecule has 0 radical (unpaired) electrons. The molecular weight excluding hydrogens is 300 g/mol. The fourth-order valence-electron chi connectivity index (χ4n) is 1.26. The summed E-state index contributed by atoms with van der Waals surface area (Å²) in [7, 11) is 0. The summed E-state index contributed by atoms with van der Waals surface area (Å²) in [4.78, 5) is 26.0. The molecule has 98 valence electrons. The number of halogens is 3. The van der Waals surface area contributed by atoms with Crippen LogP contribution < -0.4 is 0 Å². The van der Waals surface area contributed by atoms with Gasteiger partial charge in [-0.25, -0.2) is 9.78 Å². The third-order valence-corrected chi connectivity index (χ3v) is 3.41. The Morgan fingerprint density at radius 3 is 2.50 bits per heavy atom. The van der Waals surface area contributed by atoms with Crippen LogP contribution in [0.2, 0.25) is 15.1 Å². The Hall–Kier alpha value is -0.840. The van der Waals surface area contributed by atoms with Gasteiger partial charge in [0.2, 0.25) is 0 Å². The van der Waals surface area contributed by atoms with Crippen molar-refractivity contribution in [1.29, 1.82) is 0 Å². The number of aldehydes is 1. The summed E-state index contributed by atoms with van der Waals surface area (Å²) < 4.78 is 4.81. The summed E-state index contributed by atoms with van der Waals surface area (Å²) in [5.74, 6) is -0.673. The molecule has 0 bridgehead atoms. The van der Waals surface area contributed by atoms with Crippen LogP contribution in [0.1, 0.15) is 29.5 Å². The number of hydrogen-bond acceptors (Lipinski definition) is 4. The van der Waals surface area contributed by atoms with E-state index in [9.17, 15) is 9.59 Å². The summed E-state index contributed by atoms with van der Waals surface area (Å²) in [5, 5.41) is 0.142. The highest BCUT2D eigenvalue weighted by molar-refractivity contribution is 6.49. The Bertz CT molecular complexity index is 477. The van der Waals surface area contributed by atoms with E-state index in [0.717, 1.165) is 6.29 Å². The van der Waals surface area contributed by atoms with Crippen LogP contribution in [0.3, 0.4) is 0 Å². The van der Waals surface area contributed by atoms with E-state index in [1.54, 1.807) is 6.92 Å². The van der Waals surface area contributed by atoms with Crippen LogP contribution in [-0.2, 0) is 16.0 Å². The van der Waals surface area contributed by atoms with E-state index in [-0.39, 0.29) is 40.2 Å². The van der Waals surface area contributed by atoms with Gasteiger partial charge in [0.05, 0.1) is 27.4 Å². The van der Waals surface area contributed by atoms with Crippen molar-refractivity contribution in [1.82, 2.24) is 4.98 Å². The molecule has 0 unspecified atom stereocenters. The van der Waals surface area contributed by atoms with Gasteiger partial charge >= 0.3 is 5.97 Å². The van der Waals surface area contributed by atoms with Crippen molar-refractivity contribution in [3.05, 3.63) is 26.5 Å². The number of carbonyl (C=O) groups excluding carboxylic acids is 2. The number of carbonyl (C=O) groups is 2. The molecule has 18 heavy (non-hydrogen) atoms. The van der Waals surface area contributed by atoms with E-state index < -0.39 is 5.97 Å². The molecule has 0 N–H and O–H groups in total. The Labute approximate surface area is 119 Å². The fraction of sp³-hybridized carbons (Fsp3) is 0.364. The van der Waals surface area contributed by atoms with Gasteiger partial charge in [-0.15, -0.1) is 0 Å². The molecule has 0 fully saturated rings. The molecule has 0 spiro atoms. The molecule has 0 aliphatic carbocycles. The van der Waals surface area contributed by atoms with Gasteiger partial charge < -0.3 is 9.53 Å². The van der Waals surface area contributed by atoms with Gasteiger partial charge in [0.1, 0.15) is 6.29 Å². The molecule has 1 aromatic rings. The quantitative estimate of drug-likeness (QED) is 0.618. The van der Waals surface area contributed by atoms with Gasteiger partial charge in [-0.05, 0) is 13.3 Å². The first-order valence-corrected chi connectivity index (χ1v) is 6.30. The summed E-state index contributed by atoms with van der Waals surface area (Å²) in [6.45, 7) is 1.86. The van der Waals surface area contributed by atoms with E-state index in [1.165, 1.54) is 0 Å². The first-order valence-electron chi connectivity index (χ1n) is 5.17. The number of esters is 1. The maximum Gasteiger partial charge on any atom is 0.358 e. The summed E-state index contributed by atoms with van der Waals surface area (Å²) in [6, 6.07) is 0. The van der Waals surface area contributed by atoms with Crippen LogP contribution in [0.4, 0.5) is 0 Å². The third kappa shape index (κ3) is 3.34. The van der Waals surface area contributed by atoms with Crippen molar-refractivity contribution in [2.75, 3.05) is 6.61 Å². The summed E-state index contributed by atoms with van der Waals surface area (Å²) >= 11 is 17.7. The zero-order chi connectivity index (χ0) is 13.7. The second-order valence-electron chi connectivity index (χ2n) is 3.27.